The summed E-state index contributed by atoms with van der Waals surface area (Å²) in [5, 5.41) is 12.6. The number of benzene rings is 2. The number of anilines is 1. The molecule has 0 spiro atoms. The topological polar surface area (TPSA) is 76.4 Å². The number of methoxy groups -OCH3 is 1. The van der Waals surface area contributed by atoms with Crippen LogP contribution in [0.15, 0.2) is 53.7 Å². The first-order chi connectivity index (χ1) is 15.1. The highest BCUT2D eigenvalue weighted by Crippen LogP contribution is 2.20. The zero-order valence-electron chi connectivity index (χ0n) is 17.8. The normalized spacial score (nSPS) is 14.0. The number of carbonyl (C=O) groups excluding carboxylic acids is 1. The zero-order chi connectivity index (χ0) is 21.6. The molecule has 0 aliphatic carbocycles. The van der Waals surface area contributed by atoms with Gasteiger partial charge in [0.15, 0.2) is 0 Å². The molecule has 9 heteroatoms. The zero-order valence-corrected chi connectivity index (χ0v) is 18.6. The minimum Gasteiger partial charge on any atom is -0.497 e. The molecule has 3 aromatic rings. The van der Waals surface area contributed by atoms with Crippen LogP contribution in [0, 0.1) is 6.92 Å². The third-order valence-corrected chi connectivity index (χ3v) is 6.26. The van der Waals surface area contributed by atoms with Crippen LogP contribution in [0.2, 0.25) is 0 Å². The molecule has 2 aromatic carbocycles. The molecule has 0 radical (unpaired) electrons. The highest BCUT2D eigenvalue weighted by Gasteiger charge is 2.22. The van der Waals surface area contributed by atoms with E-state index in [0.717, 1.165) is 37.5 Å². The van der Waals surface area contributed by atoms with E-state index >= 15 is 0 Å². The molecule has 0 saturated carbocycles. The summed E-state index contributed by atoms with van der Waals surface area (Å²) in [4.78, 5) is 17.0. The Kier molecular flexibility index (Phi) is 6.71. The molecule has 1 aliphatic rings. The number of amides is 1. The number of tetrazole rings is 1. The average Bonchev–Trinajstić information content (AvgIpc) is 3.25. The van der Waals surface area contributed by atoms with Crippen LogP contribution in [0.4, 0.5) is 5.69 Å². The Morgan fingerprint density at radius 2 is 1.87 bits per heavy atom. The van der Waals surface area contributed by atoms with Gasteiger partial charge in [-0.2, -0.15) is 0 Å². The maximum Gasteiger partial charge on any atom is 0.233 e. The summed E-state index contributed by atoms with van der Waals surface area (Å²) in [5.41, 5.74) is 3.53. The van der Waals surface area contributed by atoms with Gasteiger partial charge in [-0.25, -0.2) is 4.68 Å². The number of piperazine rings is 1. The molecular weight excluding hydrogens is 412 g/mol. The molecule has 4 rings (SSSR count). The third kappa shape index (κ3) is 5.35. The number of nitrogens with zero attached hydrogens (tertiary/aromatic N) is 6. The summed E-state index contributed by atoms with van der Waals surface area (Å²) in [6.45, 7) is 5.78. The smallest absolute Gasteiger partial charge is 0.233 e. The average molecular weight is 439 g/mol. The number of hydrogen-bond acceptors (Lipinski definition) is 7. The van der Waals surface area contributed by atoms with Gasteiger partial charge >= 0.3 is 0 Å². The fourth-order valence-electron chi connectivity index (χ4n) is 3.56. The Morgan fingerprint density at radius 1 is 1.10 bits per heavy atom. The van der Waals surface area contributed by atoms with Crippen molar-refractivity contribution < 1.29 is 9.53 Å². The van der Waals surface area contributed by atoms with Crippen molar-refractivity contribution in [3.05, 3.63) is 59.7 Å². The summed E-state index contributed by atoms with van der Waals surface area (Å²) in [5.74, 6) is 1.25. The first-order valence-electron chi connectivity index (χ1n) is 10.2. The van der Waals surface area contributed by atoms with Gasteiger partial charge in [0.1, 0.15) is 5.75 Å². The Balaban J connectivity index is 1.28. The number of carbonyl (C=O) groups is 1. The van der Waals surface area contributed by atoms with Crippen LogP contribution < -0.4 is 9.64 Å². The summed E-state index contributed by atoms with van der Waals surface area (Å²) < 4.78 is 6.91. The van der Waals surface area contributed by atoms with Crippen molar-refractivity contribution in [2.24, 2.45) is 0 Å². The van der Waals surface area contributed by atoms with Gasteiger partial charge in [0.2, 0.25) is 11.1 Å². The lowest BCUT2D eigenvalue weighted by Crippen LogP contribution is -2.49. The fourth-order valence-corrected chi connectivity index (χ4v) is 4.34. The van der Waals surface area contributed by atoms with E-state index < -0.39 is 0 Å². The molecule has 1 aromatic heterocycles. The lowest BCUT2D eigenvalue weighted by atomic mass is 10.2. The summed E-state index contributed by atoms with van der Waals surface area (Å²) in [7, 11) is 1.64. The summed E-state index contributed by atoms with van der Waals surface area (Å²) in [6, 6.07) is 16.3. The van der Waals surface area contributed by atoms with E-state index in [1.807, 2.05) is 29.2 Å². The number of hydrogen-bond donors (Lipinski definition) is 0. The lowest BCUT2D eigenvalue weighted by molar-refractivity contribution is -0.128. The maximum absolute atomic E-state index is 12.7. The summed E-state index contributed by atoms with van der Waals surface area (Å²) >= 11 is 1.38. The SMILES string of the molecule is COc1ccc(Cn2nnnc2SCC(=O)N2CCN(c3cccc(C)c3)CC2)cc1. The molecule has 1 amide bonds. The molecular formula is C22H26N6O2S. The second kappa shape index (κ2) is 9.82. The molecule has 0 N–H and O–H groups in total. The standard InChI is InChI=1S/C22H26N6O2S/c1-17-4-3-5-19(14-17)26-10-12-27(13-11-26)21(29)16-31-22-23-24-25-28(22)15-18-6-8-20(30-2)9-7-18/h3-9,14H,10-13,15-16H2,1-2H3. The predicted molar refractivity (Wildman–Crippen MR) is 121 cm³/mol. The molecule has 0 unspecified atom stereocenters. The van der Waals surface area contributed by atoms with Crippen LogP contribution in [-0.2, 0) is 11.3 Å². The van der Waals surface area contributed by atoms with Gasteiger partial charge in [-0.3, -0.25) is 4.79 Å². The van der Waals surface area contributed by atoms with E-state index in [1.165, 1.54) is 23.0 Å². The molecule has 0 bridgehead atoms. The largest absolute Gasteiger partial charge is 0.497 e. The first kappa shape index (κ1) is 21.2. The van der Waals surface area contributed by atoms with Crippen LogP contribution in [0.1, 0.15) is 11.1 Å². The Hall–Kier alpha value is -3.07. The van der Waals surface area contributed by atoms with Crippen LogP contribution in [0.25, 0.3) is 0 Å². The fraction of sp³-hybridized carbons (Fsp3) is 0.364. The molecule has 162 valence electrons. The van der Waals surface area contributed by atoms with Gasteiger partial charge in [0.25, 0.3) is 0 Å². The first-order valence-corrected chi connectivity index (χ1v) is 11.2. The van der Waals surface area contributed by atoms with E-state index in [2.05, 4.69) is 51.6 Å². The van der Waals surface area contributed by atoms with Crippen molar-refractivity contribution in [1.82, 2.24) is 25.1 Å². The van der Waals surface area contributed by atoms with Gasteiger partial charge in [-0.15, -0.1) is 5.10 Å². The highest BCUT2D eigenvalue weighted by atomic mass is 32.2. The van der Waals surface area contributed by atoms with E-state index in [4.69, 9.17) is 4.74 Å². The highest BCUT2D eigenvalue weighted by molar-refractivity contribution is 7.99. The van der Waals surface area contributed by atoms with Crippen LogP contribution in [0.5, 0.6) is 5.75 Å². The molecule has 0 atom stereocenters. The van der Waals surface area contributed by atoms with Gasteiger partial charge < -0.3 is 14.5 Å². The third-order valence-electron chi connectivity index (χ3n) is 5.31. The minimum atomic E-state index is 0.118. The van der Waals surface area contributed by atoms with E-state index in [9.17, 15) is 4.79 Å². The number of aryl methyl sites for hydroxylation is 1. The monoisotopic (exact) mass is 438 g/mol. The molecule has 1 aliphatic heterocycles. The van der Waals surface area contributed by atoms with Crippen molar-refractivity contribution in [2.45, 2.75) is 18.6 Å². The minimum absolute atomic E-state index is 0.118. The number of aromatic nitrogens is 4. The van der Waals surface area contributed by atoms with Gasteiger partial charge in [-0.1, -0.05) is 36.0 Å². The van der Waals surface area contributed by atoms with Crippen molar-refractivity contribution in [3.8, 4) is 5.75 Å². The van der Waals surface area contributed by atoms with E-state index in [0.29, 0.717) is 17.5 Å². The van der Waals surface area contributed by atoms with Gasteiger partial charge in [0.05, 0.1) is 19.4 Å². The Bertz CT molecular complexity index is 1010. The maximum atomic E-state index is 12.7. The Morgan fingerprint density at radius 3 is 2.58 bits per heavy atom. The molecule has 2 heterocycles. The summed E-state index contributed by atoms with van der Waals surface area (Å²) in [6.07, 6.45) is 0. The van der Waals surface area contributed by atoms with Crippen LogP contribution >= 0.6 is 11.8 Å². The van der Waals surface area contributed by atoms with Crippen molar-refractivity contribution >= 4 is 23.4 Å². The van der Waals surface area contributed by atoms with Crippen molar-refractivity contribution in [2.75, 3.05) is 43.9 Å². The molecule has 1 saturated heterocycles. The van der Waals surface area contributed by atoms with Crippen molar-refractivity contribution in [3.63, 3.8) is 0 Å². The number of rotatable bonds is 7. The Labute approximate surface area is 186 Å². The molecule has 1 fully saturated rings. The second-order valence-corrected chi connectivity index (χ2v) is 8.41. The van der Waals surface area contributed by atoms with Crippen molar-refractivity contribution in [1.29, 1.82) is 0 Å². The van der Waals surface area contributed by atoms with Gasteiger partial charge in [-0.05, 0) is 52.7 Å². The van der Waals surface area contributed by atoms with Crippen LogP contribution in [-0.4, -0.2) is 70.1 Å². The lowest BCUT2D eigenvalue weighted by Gasteiger charge is -2.36. The number of thioether (sulfide) groups is 1. The predicted octanol–water partition coefficient (Wildman–Crippen LogP) is 2.48. The van der Waals surface area contributed by atoms with E-state index in [-0.39, 0.29) is 5.91 Å². The second-order valence-electron chi connectivity index (χ2n) is 7.46. The molecule has 31 heavy (non-hydrogen) atoms. The quantitative estimate of drug-likeness (QED) is 0.525. The molecule has 8 nitrogen and oxygen atoms in total. The number of ether oxygens (including phenoxy) is 1. The van der Waals surface area contributed by atoms with Crippen LogP contribution in [0.3, 0.4) is 0 Å². The van der Waals surface area contributed by atoms with Gasteiger partial charge in [0, 0.05) is 31.9 Å². The van der Waals surface area contributed by atoms with E-state index in [1.54, 1.807) is 11.8 Å².